The summed E-state index contributed by atoms with van der Waals surface area (Å²) in [4.78, 5) is 34.6. The third-order valence-corrected chi connectivity index (χ3v) is 7.41. The maximum absolute atomic E-state index is 13.6. The molecule has 0 radical (unpaired) electrons. The third-order valence-electron chi connectivity index (χ3n) is 6.60. The Bertz CT molecular complexity index is 1360. The van der Waals surface area contributed by atoms with Gasteiger partial charge in [-0.2, -0.15) is 4.98 Å². The Kier molecular flexibility index (Phi) is 7.85. The molecule has 1 aliphatic carbocycles. The van der Waals surface area contributed by atoms with Gasteiger partial charge in [0.2, 0.25) is 11.9 Å². The number of hydrogen-bond acceptors (Lipinski definition) is 6. The number of hydrogen-bond donors (Lipinski definition) is 2. The minimum Gasteiger partial charge on any atom is -0.495 e. The summed E-state index contributed by atoms with van der Waals surface area (Å²) in [7, 11) is 1.53. The zero-order valence-electron chi connectivity index (χ0n) is 20.5. The van der Waals surface area contributed by atoms with Crippen LogP contribution >= 0.6 is 23.2 Å². The largest absolute Gasteiger partial charge is 0.495 e. The van der Waals surface area contributed by atoms with Crippen LogP contribution in [0, 0.1) is 0 Å². The van der Waals surface area contributed by atoms with Gasteiger partial charge in [0.25, 0.3) is 5.56 Å². The second kappa shape index (κ2) is 10.9. The van der Waals surface area contributed by atoms with Gasteiger partial charge in [-0.3, -0.25) is 14.2 Å². The predicted molar refractivity (Wildman–Crippen MR) is 144 cm³/mol. The first-order chi connectivity index (χ1) is 17.3. The van der Waals surface area contributed by atoms with Gasteiger partial charge in [0, 0.05) is 35.8 Å². The molecule has 1 fully saturated rings. The minimum atomic E-state index is -0.259. The van der Waals surface area contributed by atoms with Gasteiger partial charge in [0.1, 0.15) is 11.4 Å². The molecule has 0 bridgehead atoms. The van der Waals surface area contributed by atoms with E-state index in [1.807, 2.05) is 13.8 Å². The highest BCUT2D eigenvalue weighted by Gasteiger charge is 2.29. The van der Waals surface area contributed by atoms with Crippen molar-refractivity contribution in [2.45, 2.75) is 58.2 Å². The SMILES string of the molecule is C=CC(=O)N[C@H]1CCC[C@H]1Nc1ncc2cc(-c3c(Cl)c(CC)cc(OC)c3Cl)c(=O)n(CC)c2n1. The summed E-state index contributed by atoms with van der Waals surface area (Å²) in [6.45, 7) is 7.76. The standard InChI is InChI=1S/C26H29Cl2N5O3/c1-5-14-12-19(36-4)23(28)21(22(14)27)16-11-15-13-29-26(32-24(15)33(7-3)25(16)35)31-18-10-8-9-17(18)30-20(34)6-2/h6,11-13,17-18H,2,5,7-10H2,1,3-4H3,(H,30,34)(H,29,31,32)/t17-,18+/m0/s1. The molecule has 8 nitrogen and oxygen atoms in total. The Labute approximate surface area is 219 Å². The number of benzene rings is 1. The molecule has 36 heavy (non-hydrogen) atoms. The first kappa shape index (κ1) is 26.0. The number of pyridine rings is 1. The second-order valence-corrected chi connectivity index (χ2v) is 9.43. The topological polar surface area (TPSA) is 98.1 Å². The number of nitrogens with zero attached hydrogens (tertiary/aromatic N) is 3. The molecule has 190 valence electrons. The van der Waals surface area contributed by atoms with E-state index in [1.165, 1.54) is 13.2 Å². The molecule has 0 aliphatic heterocycles. The van der Waals surface area contributed by atoms with Crippen molar-refractivity contribution in [3.8, 4) is 16.9 Å². The maximum Gasteiger partial charge on any atom is 0.260 e. The lowest BCUT2D eigenvalue weighted by Gasteiger charge is -2.22. The number of aromatic nitrogens is 3. The van der Waals surface area contributed by atoms with Crippen LogP contribution in [0.25, 0.3) is 22.2 Å². The van der Waals surface area contributed by atoms with Gasteiger partial charge >= 0.3 is 0 Å². The van der Waals surface area contributed by atoms with Crippen LogP contribution in [-0.2, 0) is 17.8 Å². The lowest BCUT2D eigenvalue weighted by Crippen LogP contribution is -2.43. The van der Waals surface area contributed by atoms with Gasteiger partial charge in [0.15, 0.2) is 0 Å². The van der Waals surface area contributed by atoms with E-state index < -0.39 is 0 Å². The number of aryl methyl sites for hydroxylation is 2. The Morgan fingerprint density at radius 2 is 2.00 bits per heavy atom. The van der Waals surface area contributed by atoms with Gasteiger partial charge in [-0.1, -0.05) is 36.7 Å². The van der Waals surface area contributed by atoms with E-state index in [0.717, 1.165) is 24.8 Å². The van der Waals surface area contributed by atoms with Crippen molar-refractivity contribution in [1.82, 2.24) is 19.9 Å². The van der Waals surface area contributed by atoms with Crippen molar-refractivity contribution in [2.75, 3.05) is 12.4 Å². The monoisotopic (exact) mass is 529 g/mol. The van der Waals surface area contributed by atoms with Crippen molar-refractivity contribution >= 4 is 46.1 Å². The molecule has 3 aromatic rings. The van der Waals surface area contributed by atoms with Gasteiger partial charge in [-0.25, -0.2) is 4.98 Å². The zero-order valence-corrected chi connectivity index (χ0v) is 22.0. The van der Waals surface area contributed by atoms with E-state index in [0.29, 0.717) is 51.8 Å². The summed E-state index contributed by atoms with van der Waals surface area (Å²) in [6, 6.07) is 3.45. The molecule has 2 atom stereocenters. The summed E-state index contributed by atoms with van der Waals surface area (Å²) in [5, 5.41) is 7.67. The highest BCUT2D eigenvalue weighted by molar-refractivity contribution is 6.40. The summed E-state index contributed by atoms with van der Waals surface area (Å²) in [5.74, 6) is 0.648. The summed E-state index contributed by atoms with van der Waals surface area (Å²) < 4.78 is 7.03. The predicted octanol–water partition coefficient (Wildman–Crippen LogP) is 4.99. The van der Waals surface area contributed by atoms with Gasteiger partial charge in [0.05, 0.1) is 22.7 Å². The first-order valence-corrected chi connectivity index (χ1v) is 12.7. The van der Waals surface area contributed by atoms with Gasteiger partial charge in [-0.05, 0) is 56.4 Å². The number of carbonyl (C=O) groups excluding carboxylic acids is 1. The van der Waals surface area contributed by atoms with Crippen molar-refractivity contribution < 1.29 is 9.53 Å². The van der Waals surface area contributed by atoms with Crippen LogP contribution in [0.4, 0.5) is 5.95 Å². The number of nitrogens with one attached hydrogen (secondary N) is 2. The van der Waals surface area contributed by atoms with Crippen LogP contribution < -0.4 is 20.9 Å². The van der Waals surface area contributed by atoms with E-state index in [4.69, 9.17) is 27.9 Å². The fraction of sp³-hybridized carbons (Fsp3) is 0.385. The molecule has 0 unspecified atom stereocenters. The molecule has 2 heterocycles. The van der Waals surface area contributed by atoms with E-state index in [9.17, 15) is 9.59 Å². The molecule has 2 N–H and O–H groups in total. The number of carbonyl (C=O) groups is 1. The van der Waals surface area contributed by atoms with Crippen molar-refractivity contribution in [3.63, 3.8) is 0 Å². The molecule has 10 heteroatoms. The molecular weight excluding hydrogens is 501 g/mol. The summed E-state index contributed by atoms with van der Waals surface area (Å²) in [5.41, 5.74) is 1.88. The molecule has 4 rings (SSSR count). The van der Waals surface area contributed by atoms with Crippen LogP contribution in [0.15, 0.2) is 35.8 Å². The molecule has 1 amide bonds. The molecule has 0 spiro atoms. The molecule has 1 saturated carbocycles. The first-order valence-electron chi connectivity index (χ1n) is 12.0. The lowest BCUT2D eigenvalue weighted by atomic mass is 10.0. The summed E-state index contributed by atoms with van der Waals surface area (Å²) >= 11 is 13.4. The Morgan fingerprint density at radius 3 is 2.67 bits per heavy atom. The average Bonchev–Trinajstić information content (AvgIpc) is 3.30. The van der Waals surface area contributed by atoms with Crippen LogP contribution in [0.2, 0.25) is 10.0 Å². The number of ether oxygens (including phenoxy) is 1. The molecular formula is C26H29Cl2N5O3. The highest BCUT2D eigenvalue weighted by atomic mass is 35.5. The number of amides is 1. The second-order valence-electron chi connectivity index (χ2n) is 8.68. The van der Waals surface area contributed by atoms with Crippen molar-refractivity contribution in [3.05, 3.63) is 56.9 Å². The minimum absolute atomic E-state index is 0.0192. The van der Waals surface area contributed by atoms with E-state index in [2.05, 4.69) is 27.2 Å². The van der Waals surface area contributed by atoms with Crippen molar-refractivity contribution in [2.24, 2.45) is 0 Å². The summed E-state index contributed by atoms with van der Waals surface area (Å²) in [6.07, 6.45) is 6.30. The molecule has 1 aliphatic rings. The number of rotatable bonds is 8. The van der Waals surface area contributed by atoms with Crippen molar-refractivity contribution in [1.29, 1.82) is 0 Å². The van der Waals surface area contributed by atoms with Crippen LogP contribution in [0.5, 0.6) is 5.75 Å². The van der Waals surface area contributed by atoms with Gasteiger partial charge < -0.3 is 15.4 Å². The fourth-order valence-corrected chi connectivity index (χ4v) is 5.48. The lowest BCUT2D eigenvalue weighted by molar-refractivity contribution is -0.117. The average molecular weight is 530 g/mol. The van der Waals surface area contributed by atoms with E-state index >= 15 is 0 Å². The quantitative estimate of drug-likeness (QED) is 0.398. The van der Waals surface area contributed by atoms with Crippen LogP contribution in [0.1, 0.15) is 38.7 Å². The maximum atomic E-state index is 13.6. The fourth-order valence-electron chi connectivity index (χ4n) is 4.72. The zero-order chi connectivity index (χ0) is 26.0. The number of fused-ring (bicyclic) bond motifs is 1. The highest BCUT2D eigenvalue weighted by Crippen LogP contribution is 2.42. The Morgan fingerprint density at radius 1 is 1.25 bits per heavy atom. The Hall–Kier alpha value is -3.10. The molecule has 0 saturated heterocycles. The number of anilines is 1. The number of halogens is 2. The third kappa shape index (κ3) is 4.80. The normalized spacial score (nSPS) is 17.2. The van der Waals surface area contributed by atoms with Gasteiger partial charge in [-0.15, -0.1) is 0 Å². The molecule has 2 aromatic heterocycles. The Balaban J connectivity index is 1.79. The van der Waals surface area contributed by atoms with Crippen LogP contribution in [0.3, 0.4) is 0 Å². The number of methoxy groups -OCH3 is 1. The smallest absolute Gasteiger partial charge is 0.260 e. The van der Waals surface area contributed by atoms with Crippen LogP contribution in [-0.4, -0.2) is 39.6 Å². The van der Waals surface area contributed by atoms with E-state index in [-0.39, 0.29) is 28.6 Å². The molecule has 1 aromatic carbocycles. The van der Waals surface area contributed by atoms with E-state index in [1.54, 1.807) is 22.9 Å².